The van der Waals surface area contributed by atoms with E-state index in [-0.39, 0.29) is 5.91 Å². The predicted molar refractivity (Wildman–Crippen MR) is 66.4 cm³/mol. The lowest BCUT2D eigenvalue weighted by molar-refractivity contribution is -0.138. The van der Waals surface area contributed by atoms with Crippen LogP contribution in [0.2, 0.25) is 0 Å². The summed E-state index contributed by atoms with van der Waals surface area (Å²) < 4.78 is 1.01. The van der Waals surface area contributed by atoms with Crippen LogP contribution in [0, 0.1) is 0 Å². The molecule has 2 N–H and O–H groups in total. The Morgan fingerprint density at radius 2 is 2.06 bits per heavy atom. The second kappa shape index (κ2) is 4.55. The molecule has 1 heterocycles. The van der Waals surface area contributed by atoms with Gasteiger partial charge in [-0.15, -0.1) is 11.3 Å². The van der Waals surface area contributed by atoms with E-state index in [0.29, 0.717) is 4.88 Å². The Labute approximate surface area is 102 Å². The number of carboxylic acids is 1. The minimum atomic E-state index is -1.04. The van der Waals surface area contributed by atoms with Gasteiger partial charge in [-0.05, 0) is 24.4 Å². The van der Waals surface area contributed by atoms with E-state index in [9.17, 15) is 9.59 Å². The summed E-state index contributed by atoms with van der Waals surface area (Å²) in [5.41, 5.74) is 0. The molecular formula is C12H11NO3S. The van der Waals surface area contributed by atoms with Crippen molar-refractivity contribution >= 4 is 33.3 Å². The fourth-order valence-electron chi connectivity index (χ4n) is 1.42. The molecule has 1 amide bonds. The number of benzene rings is 1. The number of fused-ring (bicyclic) bond motifs is 1. The molecular weight excluding hydrogens is 238 g/mol. The molecule has 0 aliphatic rings. The maximum Gasteiger partial charge on any atom is 0.325 e. The number of carbonyl (C=O) groups excluding carboxylic acids is 1. The average Bonchev–Trinajstić information content (AvgIpc) is 2.72. The molecule has 1 unspecified atom stereocenters. The standard InChI is InChI=1S/C12H11NO3S/c1-7(12(15)16)13-11(14)10-6-8-4-2-3-5-9(8)17-10/h2-7H,1H3,(H,13,14)(H,15,16). The molecule has 0 aliphatic carbocycles. The maximum atomic E-state index is 11.8. The van der Waals surface area contributed by atoms with Crippen molar-refractivity contribution in [2.75, 3.05) is 0 Å². The Kier molecular flexibility index (Phi) is 3.10. The van der Waals surface area contributed by atoms with Crippen LogP contribution in [0.1, 0.15) is 16.6 Å². The van der Waals surface area contributed by atoms with E-state index in [0.717, 1.165) is 10.1 Å². The lowest BCUT2D eigenvalue weighted by Crippen LogP contribution is -2.37. The van der Waals surface area contributed by atoms with Gasteiger partial charge >= 0.3 is 5.97 Å². The molecule has 17 heavy (non-hydrogen) atoms. The summed E-state index contributed by atoms with van der Waals surface area (Å²) in [4.78, 5) is 22.9. The van der Waals surface area contributed by atoms with Gasteiger partial charge in [-0.2, -0.15) is 0 Å². The summed E-state index contributed by atoms with van der Waals surface area (Å²) in [5, 5.41) is 12.1. The first-order valence-corrected chi connectivity index (χ1v) is 5.92. The predicted octanol–water partition coefficient (Wildman–Crippen LogP) is 2.10. The first-order valence-electron chi connectivity index (χ1n) is 5.10. The number of hydrogen-bond donors (Lipinski definition) is 2. The van der Waals surface area contributed by atoms with E-state index in [1.807, 2.05) is 24.3 Å². The molecule has 1 atom stereocenters. The van der Waals surface area contributed by atoms with Gasteiger partial charge in [0, 0.05) is 4.70 Å². The molecule has 2 rings (SSSR count). The number of carbonyl (C=O) groups is 2. The van der Waals surface area contributed by atoms with Crippen molar-refractivity contribution < 1.29 is 14.7 Å². The average molecular weight is 249 g/mol. The van der Waals surface area contributed by atoms with Crippen molar-refractivity contribution in [2.24, 2.45) is 0 Å². The molecule has 0 saturated heterocycles. The van der Waals surface area contributed by atoms with E-state index in [2.05, 4.69) is 5.32 Å². The van der Waals surface area contributed by atoms with E-state index >= 15 is 0 Å². The molecule has 88 valence electrons. The molecule has 0 fully saturated rings. The third kappa shape index (κ3) is 2.45. The Bertz CT molecular complexity index is 543. The highest BCUT2D eigenvalue weighted by molar-refractivity contribution is 7.20. The molecule has 0 spiro atoms. The second-order valence-corrected chi connectivity index (χ2v) is 4.77. The number of aliphatic carboxylic acids is 1. The fourth-order valence-corrected chi connectivity index (χ4v) is 2.39. The van der Waals surface area contributed by atoms with Crippen molar-refractivity contribution in [3.63, 3.8) is 0 Å². The highest BCUT2D eigenvalue weighted by atomic mass is 32.1. The van der Waals surface area contributed by atoms with Crippen LogP contribution >= 0.6 is 11.3 Å². The maximum absolute atomic E-state index is 11.8. The molecule has 0 radical (unpaired) electrons. The van der Waals surface area contributed by atoms with Crippen LogP contribution in [0.3, 0.4) is 0 Å². The Morgan fingerprint density at radius 3 is 2.71 bits per heavy atom. The lowest BCUT2D eigenvalue weighted by Gasteiger charge is -2.07. The zero-order valence-electron chi connectivity index (χ0n) is 9.14. The highest BCUT2D eigenvalue weighted by Gasteiger charge is 2.16. The van der Waals surface area contributed by atoms with Crippen LogP contribution in [0.4, 0.5) is 0 Å². The molecule has 1 aromatic heterocycles. The van der Waals surface area contributed by atoms with Crippen LogP contribution in [0.15, 0.2) is 30.3 Å². The Hall–Kier alpha value is -1.88. The Balaban J connectivity index is 2.22. The van der Waals surface area contributed by atoms with E-state index in [1.54, 1.807) is 6.07 Å². The summed E-state index contributed by atoms with van der Waals surface area (Å²) in [6, 6.07) is 8.54. The fraction of sp³-hybridized carbons (Fsp3) is 0.167. The summed E-state index contributed by atoms with van der Waals surface area (Å²) in [5.74, 6) is -1.39. The third-order valence-corrected chi connectivity index (χ3v) is 3.48. The first kappa shape index (κ1) is 11.6. The SMILES string of the molecule is CC(NC(=O)c1cc2ccccc2s1)C(=O)O. The van der Waals surface area contributed by atoms with Gasteiger partial charge in [-0.1, -0.05) is 18.2 Å². The smallest absolute Gasteiger partial charge is 0.325 e. The van der Waals surface area contributed by atoms with Gasteiger partial charge in [0.2, 0.25) is 0 Å². The molecule has 2 aromatic rings. The van der Waals surface area contributed by atoms with Crippen LogP contribution in [0.25, 0.3) is 10.1 Å². The molecule has 0 aliphatic heterocycles. The highest BCUT2D eigenvalue weighted by Crippen LogP contribution is 2.25. The number of rotatable bonds is 3. The molecule has 4 nitrogen and oxygen atoms in total. The van der Waals surface area contributed by atoms with Gasteiger partial charge in [0.05, 0.1) is 4.88 Å². The molecule has 0 saturated carbocycles. The number of thiophene rings is 1. The van der Waals surface area contributed by atoms with Gasteiger partial charge < -0.3 is 10.4 Å². The van der Waals surface area contributed by atoms with Crippen molar-refractivity contribution in [3.8, 4) is 0 Å². The normalized spacial score (nSPS) is 12.3. The van der Waals surface area contributed by atoms with E-state index in [4.69, 9.17) is 5.11 Å². The van der Waals surface area contributed by atoms with Gasteiger partial charge in [0.15, 0.2) is 0 Å². The first-order chi connectivity index (χ1) is 8.08. The number of amides is 1. The van der Waals surface area contributed by atoms with Crippen molar-refractivity contribution in [3.05, 3.63) is 35.2 Å². The summed E-state index contributed by atoms with van der Waals surface area (Å²) in [6.07, 6.45) is 0. The molecule has 5 heteroatoms. The number of hydrogen-bond acceptors (Lipinski definition) is 3. The van der Waals surface area contributed by atoms with Crippen molar-refractivity contribution in [1.82, 2.24) is 5.32 Å². The second-order valence-electron chi connectivity index (χ2n) is 3.68. The van der Waals surface area contributed by atoms with Crippen LogP contribution in [-0.2, 0) is 4.79 Å². The van der Waals surface area contributed by atoms with Crippen LogP contribution < -0.4 is 5.32 Å². The van der Waals surface area contributed by atoms with E-state index < -0.39 is 12.0 Å². The topological polar surface area (TPSA) is 66.4 Å². The quantitative estimate of drug-likeness (QED) is 0.875. The lowest BCUT2D eigenvalue weighted by atomic mass is 10.2. The van der Waals surface area contributed by atoms with Crippen LogP contribution in [0.5, 0.6) is 0 Å². The van der Waals surface area contributed by atoms with Gasteiger partial charge in [-0.3, -0.25) is 9.59 Å². The number of carboxylic acid groups (broad SMARTS) is 1. The van der Waals surface area contributed by atoms with Crippen LogP contribution in [-0.4, -0.2) is 23.0 Å². The van der Waals surface area contributed by atoms with E-state index in [1.165, 1.54) is 18.3 Å². The zero-order valence-corrected chi connectivity index (χ0v) is 9.95. The molecule has 1 aromatic carbocycles. The molecule has 0 bridgehead atoms. The zero-order chi connectivity index (χ0) is 12.4. The summed E-state index contributed by atoms with van der Waals surface area (Å²) in [6.45, 7) is 1.44. The van der Waals surface area contributed by atoms with Gasteiger partial charge in [-0.25, -0.2) is 0 Å². The van der Waals surface area contributed by atoms with Gasteiger partial charge in [0.1, 0.15) is 6.04 Å². The number of nitrogens with one attached hydrogen (secondary N) is 1. The third-order valence-electron chi connectivity index (χ3n) is 2.37. The summed E-state index contributed by atoms with van der Waals surface area (Å²) >= 11 is 1.35. The van der Waals surface area contributed by atoms with Crippen molar-refractivity contribution in [1.29, 1.82) is 0 Å². The minimum absolute atomic E-state index is 0.346. The monoisotopic (exact) mass is 249 g/mol. The largest absolute Gasteiger partial charge is 0.480 e. The Morgan fingerprint density at radius 1 is 1.35 bits per heavy atom. The summed E-state index contributed by atoms with van der Waals surface area (Å²) in [7, 11) is 0. The minimum Gasteiger partial charge on any atom is -0.480 e. The van der Waals surface area contributed by atoms with Crippen molar-refractivity contribution in [2.45, 2.75) is 13.0 Å². The van der Waals surface area contributed by atoms with Gasteiger partial charge in [0.25, 0.3) is 5.91 Å².